The number of benzene rings is 3. The molecule has 164 valence electrons. The van der Waals surface area contributed by atoms with Crippen molar-refractivity contribution in [1.82, 2.24) is 14.5 Å². The van der Waals surface area contributed by atoms with Crippen molar-refractivity contribution in [2.24, 2.45) is 0 Å². The molecular weight excluding hydrogens is 396 g/mol. The van der Waals surface area contributed by atoms with E-state index in [9.17, 15) is 4.79 Å². The van der Waals surface area contributed by atoms with Crippen LogP contribution in [0.5, 0.6) is 0 Å². The SMILES string of the molecule is CC(=O)NC[C@@H](Cc1ccc(C)cc1)n1c(=N)n(Cc2ccc(C)cc2)c2ccccc21. The van der Waals surface area contributed by atoms with Gasteiger partial charge in [-0.2, -0.15) is 0 Å². The molecular formula is C27H30N4O. The van der Waals surface area contributed by atoms with E-state index in [0.717, 1.165) is 23.0 Å². The number of aryl methyl sites for hydroxylation is 2. The molecule has 0 fully saturated rings. The van der Waals surface area contributed by atoms with Crippen LogP contribution >= 0.6 is 0 Å². The highest BCUT2D eigenvalue weighted by Crippen LogP contribution is 2.21. The van der Waals surface area contributed by atoms with E-state index in [0.29, 0.717) is 18.7 Å². The number of carbonyl (C=O) groups excluding carboxylic acids is 1. The van der Waals surface area contributed by atoms with Crippen LogP contribution in [0.2, 0.25) is 0 Å². The molecule has 4 rings (SSSR count). The molecule has 0 aliphatic rings. The Morgan fingerprint density at radius 2 is 1.44 bits per heavy atom. The molecule has 0 spiro atoms. The second-order valence-corrected chi connectivity index (χ2v) is 8.53. The number of hydrogen-bond acceptors (Lipinski definition) is 2. The molecule has 3 aromatic carbocycles. The van der Waals surface area contributed by atoms with E-state index in [1.54, 1.807) is 0 Å². The van der Waals surface area contributed by atoms with Crippen molar-refractivity contribution in [3.05, 3.63) is 101 Å². The van der Waals surface area contributed by atoms with Crippen LogP contribution in [0.3, 0.4) is 0 Å². The molecule has 0 saturated heterocycles. The smallest absolute Gasteiger partial charge is 0.216 e. The zero-order valence-corrected chi connectivity index (χ0v) is 18.9. The van der Waals surface area contributed by atoms with Crippen molar-refractivity contribution in [1.29, 1.82) is 5.41 Å². The van der Waals surface area contributed by atoms with Crippen molar-refractivity contribution >= 4 is 16.9 Å². The third kappa shape index (κ3) is 4.67. The van der Waals surface area contributed by atoms with Crippen molar-refractivity contribution in [2.75, 3.05) is 6.54 Å². The van der Waals surface area contributed by atoms with Gasteiger partial charge in [-0.05, 0) is 43.5 Å². The fraction of sp³-hybridized carbons (Fsp3) is 0.259. The van der Waals surface area contributed by atoms with Gasteiger partial charge in [-0.1, -0.05) is 71.8 Å². The summed E-state index contributed by atoms with van der Waals surface area (Å²) >= 11 is 0. The van der Waals surface area contributed by atoms with Crippen LogP contribution in [0, 0.1) is 19.3 Å². The number of amides is 1. The van der Waals surface area contributed by atoms with Crippen molar-refractivity contribution in [3.63, 3.8) is 0 Å². The summed E-state index contributed by atoms with van der Waals surface area (Å²) in [6.45, 7) is 6.79. The number of para-hydroxylation sites is 2. The normalized spacial score (nSPS) is 12.1. The topological polar surface area (TPSA) is 62.8 Å². The van der Waals surface area contributed by atoms with Gasteiger partial charge in [0.2, 0.25) is 11.5 Å². The molecule has 0 saturated carbocycles. The van der Waals surface area contributed by atoms with E-state index in [1.807, 2.05) is 12.1 Å². The predicted octanol–water partition coefficient (Wildman–Crippen LogP) is 4.51. The van der Waals surface area contributed by atoms with E-state index in [1.165, 1.54) is 23.6 Å². The molecule has 32 heavy (non-hydrogen) atoms. The maximum absolute atomic E-state index is 11.7. The summed E-state index contributed by atoms with van der Waals surface area (Å²) in [5.74, 6) is -0.0607. The Hall–Kier alpha value is -3.60. The Balaban J connectivity index is 1.79. The van der Waals surface area contributed by atoms with Crippen molar-refractivity contribution in [3.8, 4) is 0 Å². The van der Waals surface area contributed by atoms with E-state index >= 15 is 0 Å². The molecule has 1 aromatic heterocycles. The minimum Gasteiger partial charge on any atom is -0.354 e. The lowest BCUT2D eigenvalue weighted by Crippen LogP contribution is -2.36. The number of carbonyl (C=O) groups is 1. The Kier molecular flexibility index (Phi) is 6.26. The van der Waals surface area contributed by atoms with Crippen LogP contribution in [0.1, 0.15) is 35.2 Å². The molecule has 1 atom stereocenters. The quantitative estimate of drug-likeness (QED) is 0.449. The van der Waals surface area contributed by atoms with Crippen LogP contribution in [0.15, 0.2) is 72.8 Å². The highest BCUT2D eigenvalue weighted by atomic mass is 16.1. The van der Waals surface area contributed by atoms with Gasteiger partial charge in [-0.15, -0.1) is 0 Å². The predicted molar refractivity (Wildman–Crippen MR) is 129 cm³/mol. The van der Waals surface area contributed by atoms with Crippen LogP contribution in [0.25, 0.3) is 11.0 Å². The lowest BCUT2D eigenvalue weighted by molar-refractivity contribution is -0.119. The van der Waals surface area contributed by atoms with Gasteiger partial charge < -0.3 is 14.5 Å². The number of aromatic nitrogens is 2. The lowest BCUT2D eigenvalue weighted by Gasteiger charge is -2.20. The van der Waals surface area contributed by atoms with Gasteiger partial charge in [0.1, 0.15) is 0 Å². The first-order valence-corrected chi connectivity index (χ1v) is 11.0. The minimum absolute atomic E-state index is 0.0607. The maximum atomic E-state index is 11.7. The number of fused-ring (bicyclic) bond motifs is 1. The molecule has 0 aliphatic heterocycles. The molecule has 1 amide bonds. The summed E-state index contributed by atoms with van der Waals surface area (Å²) in [4.78, 5) is 11.7. The number of imidazole rings is 1. The average molecular weight is 427 g/mol. The Labute approximate surface area is 188 Å². The van der Waals surface area contributed by atoms with Gasteiger partial charge in [0.25, 0.3) is 0 Å². The van der Waals surface area contributed by atoms with Gasteiger partial charge in [0.05, 0.1) is 23.6 Å². The van der Waals surface area contributed by atoms with Crippen LogP contribution in [-0.4, -0.2) is 21.6 Å². The number of rotatable bonds is 7. The van der Waals surface area contributed by atoms with Crippen LogP contribution in [-0.2, 0) is 17.8 Å². The Bertz CT molecular complexity index is 1280. The molecule has 4 aromatic rings. The molecule has 1 heterocycles. The molecule has 0 radical (unpaired) electrons. The van der Waals surface area contributed by atoms with Crippen LogP contribution in [0.4, 0.5) is 0 Å². The molecule has 0 bridgehead atoms. The molecule has 5 heteroatoms. The van der Waals surface area contributed by atoms with E-state index < -0.39 is 0 Å². The summed E-state index contributed by atoms with van der Waals surface area (Å²) in [6, 6.07) is 25.0. The van der Waals surface area contributed by atoms with Gasteiger partial charge in [0.15, 0.2) is 0 Å². The maximum Gasteiger partial charge on any atom is 0.216 e. The van der Waals surface area contributed by atoms with Crippen molar-refractivity contribution < 1.29 is 4.79 Å². The van der Waals surface area contributed by atoms with E-state index in [-0.39, 0.29) is 11.9 Å². The first-order chi connectivity index (χ1) is 15.4. The monoisotopic (exact) mass is 426 g/mol. The second-order valence-electron chi connectivity index (χ2n) is 8.53. The number of nitrogens with zero attached hydrogens (tertiary/aromatic N) is 2. The number of nitrogens with one attached hydrogen (secondary N) is 2. The molecule has 0 unspecified atom stereocenters. The molecule has 0 aliphatic carbocycles. The first-order valence-electron chi connectivity index (χ1n) is 11.0. The molecule has 5 nitrogen and oxygen atoms in total. The zero-order valence-electron chi connectivity index (χ0n) is 18.9. The van der Waals surface area contributed by atoms with Gasteiger partial charge in [0, 0.05) is 13.5 Å². The lowest BCUT2D eigenvalue weighted by atomic mass is 10.0. The van der Waals surface area contributed by atoms with E-state index in [2.05, 4.69) is 89.0 Å². The van der Waals surface area contributed by atoms with E-state index in [4.69, 9.17) is 5.41 Å². The largest absolute Gasteiger partial charge is 0.354 e. The fourth-order valence-electron chi connectivity index (χ4n) is 4.17. The second kappa shape index (κ2) is 9.27. The summed E-state index contributed by atoms with van der Waals surface area (Å²) < 4.78 is 4.12. The Morgan fingerprint density at radius 1 is 0.875 bits per heavy atom. The highest BCUT2D eigenvalue weighted by Gasteiger charge is 2.20. The third-order valence-electron chi connectivity index (χ3n) is 5.92. The van der Waals surface area contributed by atoms with Crippen LogP contribution < -0.4 is 10.9 Å². The van der Waals surface area contributed by atoms with Gasteiger partial charge >= 0.3 is 0 Å². The van der Waals surface area contributed by atoms with Crippen molar-refractivity contribution in [2.45, 2.75) is 39.8 Å². The molecule has 2 N–H and O–H groups in total. The van der Waals surface area contributed by atoms with Gasteiger partial charge in [-0.3, -0.25) is 10.2 Å². The first kappa shape index (κ1) is 21.6. The Morgan fingerprint density at radius 3 is 2.03 bits per heavy atom. The number of hydrogen-bond donors (Lipinski definition) is 2. The standard InChI is InChI=1S/C27H30N4O/c1-19-8-12-22(13-9-19)16-24(17-29-21(3)32)31-26-7-5-4-6-25(26)30(27(31)28)18-23-14-10-20(2)11-15-23/h4-15,24,28H,16-18H2,1-3H3,(H,29,32)/t24-/m1/s1. The average Bonchev–Trinajstić information content (AvgIpc) is 3.05. The zero-order chi connectivity index (χ0) is 22.7. The van der Waals surface area contributed by atoms with Gasteiger partial charge in [-0.25, -0.2) is 0 Å². The summed E-state index contributed by atoms with van der Waals surface area (Å²) in [5.41, 5.74) is 7.26. The summed E-state index contributed by atoms with van der Waals surface area (Å²) in [6.07, 6.45) is 0.732. The fourth-order valence-corrected chi connectivity index (χ4v) is 4.17. The summed E-state index contributed by atoms with van der Waals surface area (Å²) in [5, 5.41) is 12.1. The summed E-state index contributed by atoms with van der Waals surface area (Å²) in [7, 11) is 0. The third-order valence-corrected chi connectivity index (χ3v) is 5.92. The highest BCUT2D eigenvalue weighted by molar-refractivity contribution is 5.76. The minimum atomic E-state index is -0.0710.